The number of methoxy groups -OCH3 is 2. The number of hydrogen-bond donors (Lipinski definition) is 0. The second-order valence-electron chi connectivity index (χ2n) is 8.83. The molecule has 0 bridgehead atoms. The molecular weight excluding hydrogens is 416 g/mol. The van der Waals surface area contributed by atoms with Crippen LogP contribution in [0.25, 0.3) is 10.9 Å². The molecule has 1 aromatic heterocycles. The first-order valence-corrected chi connectivity index (χ1v) is 11.8. The van der Waals surface area contributed by atoms with Gasteiger partial charge in [-0.3, -0.25) is 4.90 Å². The molecule has 0 saturated carbocycles. The van der Waals surface area contributed by atoms with Crippen LogP contribution in [0, 0.1) is 0 Å². The number of rotatable bonds is 7. The van der Waals surface area contributed by atoms with E-state index in [9.17, 15) is 0 Å². The lowest BCUT2D eigenvalue weighted by Gasteiger charge is -2.32. The fourth-order valence-electron chi connectivity index (χ4n) is 4.75. The lowest BCUT2D eigenvalue weighted by Crippen LogP contribution is -2.38. The van der Waals surface area contributed by atoms with E-state index in [4.69, 9.17) is 24.2 Å². The van der Waals surface area contributed by atoms with Crippen molar-refractivity contribution in [1.29, 1.82) is 0 Å². The highest BCUT2D eigenvalue weighted by molar-refractivity contribution is 5.88. The highest BCUT2D eigenvalue weighted by Gasteiger charge is 2.24. The second-order valence-corrected chi connectivity index (χ2v) is 8.83. The van der Waals surface area contributed by atoms with Crippen LogP contribution < -0.4 is 19.1 Å². The number of aromatic nitrogens is 2. The molecule has 0 aliphatic carbocycles. The van der Waals surface area contributed by atoms with Crippen LogP contribution in [0.1, 0.15) is 31.2 Å². The van der Waals surface area contributed by atoms with Crippen molar-refractivity contribution in [3.63, 3.8) is 0 Å². The Labute approximate surface area is 195 Å². The SMILES string of the molecule is COc1cc2nc(N3CCCC3)nc(OC3CCN(Cc4ccccc4)CC3)c2cc1OC. The lowest BCUT2D eigenvalue weighted by molar-refractivity contribution is 0.0945. The van der Waals surface area contributed by atoms with E-state index >= 15 is 0 Å². The molecule has 7 nitrogen and oxygen atoms in total. The minimum Gasteiger partial charge on any atom is -0.493 e. The van der Waals surface area contributed by atoms with Crippen molar-refractivity contribution in [2.24, 2.45) is 0 Å². The summed E-state index contributed by atoms with van der Waals surface area (Å²) in [5.41, 5.74) is 2.18. The fraction of sp³-hybridized carbons (Fsp3) is 0.462. The standard InChI is InChI=1S/C26H32N4O3/c1-31-23-16-21-22(17-24(23)32-2)27-26(30-12-6-7-13-30)28-25(21)33-20-10-14-29(15-11-20)18-19-8-4-3-5-9-19/h3-5,8-9,16-17,20H,6-7,10-15,18H2,1-2H3. The van der Waals surface area contributed by atoms with E-state index in [-0.39, 0.29) is 6.10 Å². The van der Waals surface area contributed by atoms with E-state index in [0.29, 0.717) is 17.4 Å². The highest BCUT2D eigenvalue weighted by atomic mass is 16.5. The molecule has 0 N–H and O–H groups in total. The largest absolute Gasteiger partial charge is 0.493 e. The lowest BCUT2D eigenvalue weighted by atomic mass is 10.1. The summed E-state index contributed by atoms with van der Waals surface area (Å²) in [6, 6.07) is 14.5. The highest BCUT2D eigenvalue weighted by Crippen LogP contribution is 2.37. The number of fused-ring (bicyclic) bond motifs is 1. The third-order valence-electron chi connectivity index (χ3n) is 6.61. The molecule has 3 heterocycles. The summed E-state index contributed by atoms with van der Waals surface area (Å²) in [6.45, 7) is 4.98. The van der Waals surface area contributed by atoms with Crippen LogP contribution in [-0.4, -0.2) is 61.4 Å². The van der Waals surface area contributed by atoms with Gasteiger partial charge in [-0.15, -0.1) is 0 Å². The van der Waals surface area contributed by atoms with E-state index in [2.05, 4.69) is 40.1 Å². The first-order chi connectivity index (χ1) is 16.2. The molecule has 5 rings (SSSR count). The van der Waals surface area contributed by atoms with Gasteiger partial charge in [0.2, 0.25) is 11.8 Å². The van der Waals surface area contributed by atoms with E-state index in [0.717, 1.165) is 62.4 Å². The third kappa shape index (κ3) is 4.83. The summed E-state index contributed by atoms with van der Waals surface area (Å²) < 4.78 is 17.6. The van der Waals surface area contributed by atoms with Crippen LogP contribution in [0.15, 0.2) is 42.5 Å². The Bertz CT molecular complexity index is 1080. The van der Waals surface area contributed by atoms with E-state index < -0.39 is 0 Å². The average Bonchev–Trinajstić information content (AvgIpc) is 3.40. The van der Waals surface area contributed by atoms with Crippen molar-refractivity contribution in [2.45, 2.75) is 38.3 Å². The smallest absolute Gasteiger partial charge is 0.229 e. The van der Waals surface area contributed by atoms with Gasteiger partial charge in [-0.25, -0.2) is 4.98 Å². The molecule has 2 saturated heterocycles. The number of benzene rings is 2. The second kappa shape index (κ2) is 9.83. The summed E-state index contributed by atoms with van der Waals surface area (Å²) in [5.74, 6) is 2.70. The Morgan fingerprint density at radius 2 is 1.58 bits per heavy atom. The Hall–Kier alpha value is -3.06. The molecule has 2 fully saturated rings. The molecular formula is C26H32N4O3. The van der Waals surface area contributed by atoms with Crippen molar-refractivity contribution in [3.8, 4) is 17.4 Å². The van der Waals surface area contributed by atoms with Gasteiger partial charge in [0.1, 0.15) is 6.10 Å². The molecule has 174 valence electrons. The van der Waals surface area contributed by atoms with Gasteiger partial charge in [0.25, 0.3) is 0 Å². The maximum atomic E-state index is 6.54. The van der Waals surface area contributed by atoms with Crippen molar-refractivity contribution in [2.75, 3.05) is 45.3 Å². The van der Waals surface area contributed by atoms with Crippen molar-refractivity contribution in [3.05, 3.63) is 48.0 Å². The Balaban J connectivity index is 1.37. The zero-order valence-corrected chi connectivity index (χ0v) is 19.5. The van der Waals surface area contributed by atoms with E-state index in [1.807, 2.05) is 12.1 Å². The van der Waals surface area contributed by atoms with Crippen LogP contribution in [0.4, 0.5) is 5.95 Å². The molecule has 2 aliphatic rings. The molecule has 0 spiro atoms. The molecule has 0 radical (unpaired) electrons. The van der Waals surface area contributed by atoms with Gasteiger partial charge in [0.05, 0.1) is 25.1 Å². The minimum absolute atomic E-state index is 0.134. The number of likely N-dealkylation sites (tertiary alicyclic amines) is 1. The first kappa shape index (κ1) is 21.8. The molecule has 0 amide bonds. The Morgan fingerprint density at radius 3 is 2.27 bits per heavy atom. The molecule has 33 heavy (non-hydrogen) atoms. The number of anilines is 1. The number of piperidine rings is 1. The monoisotopic (exact) mass is 448 g/mol. The first-order valence-electron chi connectivity index (χ1n) is 11.8. The summed E-state index contributed by atoms with van der Waals surface area (Å²) in [6.07, 6.45) is 4.43. The third-order valence-corrected chi connectivity index (χ3v) is 6.61. The van der Waals surface area contributed by atoms with E-state index in [1.54, 1.807) is 14.2 Å². The number of hydrogen-bond acceptors (Lipinski definition) is 7. The predicted molar refractivity (Wildman–Crippen MR) is 129 cm³/mol. The topological polar surface area (TPSA) is 60.0 Å². The van der Waals surface area contributed by atoms with Gasteiger partial charge in [0, 0.05) is 38.8 Å². The quantitative estimate of drug-likeness (QED) is 0.534. The van der Waals surface area contributed by atoms with Crippen molar-refractivity contribution in [1.82, 2.24) is 14.9 Å². The van der Waals surface area contributed by atoms with Gasteiger partial charge < -0.3 is 19.1 Å². The van der Waals surface area contributed by atoms with Crippen LogP contribution in [0.2, 0.25) is 0 Å². The molecule has 0 unspecified atom stereocenters. The summed E-state index contributed by atoms with van der Waals surface area (Å²) in [7, 11) is 3.29. The maximum absolute atomic E-state index is 6.54. The molecule has 2 aromatic carbocycles. The Kier molecular flexibility index (Phi) is 6.48. The van der Waals surface area contributed by atoms with Gasteiger partial charge in [-0.2, -0.15) is 4.98 Å². The van der Waals surface area contributed by atoms with Crippen molar-refractivity contribution < 1.29 is 14.2 Å². The number of nitrogens with zero attached hydrogens (tertiary/aromatic N) is 4. The van der Waals surface area contributed by atoms with Gasteiger partial charge in [0.15, 0.2) is 11.5 Å². The zero-order valence-electron chi connectivity index (χ0n) is 19.5. The van der Waals surface area contributed by atoms with E-state index in [1.165, 1.54) is 18.4 Å². The van der Waals surface area contributed by atoms with Gasteiger partial charge >= 0.3 is 0 Å². The normalized spacial score (nSPS) is 17.5. The summed E-state index contributed by atoms with van der Waals surface area (Å²) in [4.78, 5) is 14.5. The number of ether oxygens (including phenoxy) is 3. The van der Waals surface area contributed by atoms with Crippen LogP contribution in [-0.2, 0) is 6.54 Å². The van der Waals surface area contributed by atoms with Crippen LogP contribution >= 0.6 is 0 Å². The molecule has 0 atom stereocenters. The zero-order chi connectivity index (χ0) is 22.6. The maximum Gasteiger partial charge on any atom is 0.229 e. The van der Waals surface area contributed by atoms with Crippen molar-refractivity contribution >= 4 is 16.9 Å². The van der Waals surface area contributed by atoms with Crippen LogP contribution in [0.3, 0.4) is 0 Å². The molecule has 7 heteroatoms. The Morgan fingerprint density at radius 1 is 0.879 bits per heavy atom. The van der Waals surface area contributed by atoms with Gasteiger partial charge in [-0.05, 0) is 37.3 Å². The average molecular weight is 449 g/mol. The fourth-order valence-corrected chi connectivity index (χ4v) is 4.75. The summed E-state index contributed by atoms with van der Waals surface area (Å²) >= 11 is 0. The minimum atomic E-state index is 0.134. The van der Waals surface area contributed by atoms with Crippen LogP contribution in [0.5, 0.6) is 17.4 Å². The molecule has 2 aliphatic heterocycles. The van der Waals surface area contributed by atoms with Gasteiger partial charge in [-0.1, -0.05) is 30.3 Å². The molecule has 3 aromatic rings. The predicted octanol–water partition coefficient (Wildman–Crippen LogP) is 4.29. The summed E-state index contributed by atoms with van der Waals surface area (Å²) in [5, 5.41) is 0.863.